The Bertz CT molecular complexity index is 446. The van der Waals surface area contributed by atoms with Crippen molar-refractivity contribution in [2.45, 2.75) is 33.0 Å². The molecule has 0 aliphatic carbocycles. The average Bonchev–Trinajstić information content (AvgIpc) is 2.43. The fourth-order valence-electron chi connectivity index (χ4n) is 1.94. The van der Waals surface area contributed by atoms with E-state index in [0.717, 1.165) is 19.6 Å². The fourth-order valence-corrected chi connectivity index (χ4v) is 1.94. The van der Waals surface area contributed by atoms with Gasteiger partial charge in [-0.15, -0.1) is 0 Å². The molecular weight excluding hydrogens is 283 g/mol. The minimum absolute atomic E-state index is 0.0226. The molecule has 1 rings (SSSR count). The zero-order chi connectivity index (χ0) is 16.0. The van der Waals surface area contributed by atoms with E-state index in [1.54, 1.807) is 0 Å². The molecule has 0 spiro atoms. The number of nitrogens with one attached hydrogen (secondary N) is 2. The summed E-state index contributed by atoms with van der Waals surface area (Å²) in [5.41, 5.74) is 0. The third kappa shape index (κ3) is 5.37. The Labute approximate surface area is 123 Å². The maximum atomic E-state index is 12.8. The van der Waals surface area contributed by atoms with Crippen molar-refractivity contribution < 1.29 is 13.2 Å². The van der Waals surface area contributed by atoms with Crippen LogP contribution in [0.1, 0.15) is 26.6 Å². The average molecular weight is 305 g/mol. The van der Waals surface area contributed by atoms with Crippen LogP contribution in [0.25, 0.3) is 0 Å². The summed E-state index contributed by atoms with van der Waals surface area (Å²) in [6.45, 7) is 8.51. The first-order valence-corrected chi connectivity index (χ1v) is 6.93. The number of likely N-dealkylation sites (N-methyl/N-ethyl adjacent to an activating group) is 1. The highest BCUT2D eigenvalue weighted by molar-refractivity contribution is 5.48. The van der Waals surface area contributed by atoms with Crippen LogP contribution in [0.4, 0.5) is 24.8 Å². The summed E-state index contributed by atoms with van der Waals surface area (Å²) in [5.74, 6) is -0.844. The third-order valence-corrected chi connectivity index (χ3v) is 3.06. The van der Waals surface area contributed by atoms with Crippen LogP contribution in [0.2, 0.25) is 0 Å². The standard InChI is InChI=1S/C13H22F3N5/c1-5-21(6-2)8-9(3)18-11-7-10(17-4)19-12(20-11)13(14,15)16/h7,9H,5-6,8H2,1-4H3,(H2,17,18,19,20). The zero-order valence-corrected chi connectivity index (χ0v) is 12.8. The first-order valence-electron chi connectivity index (χ1n) is 6.93. The molecule has 0 saturated carbocycles. The summed E-state index contributed by atoms with van der Waals surface area (Å²) < 4.78 is 38.3. The summed E-state index contributed by atoms with van der Waals surface area (Å²) in [4.78, 5) is 9.15. The Morgan fingerprint density at radius 2 is 1.76 bits per heavy atom. The van der Waals surface area contributed by atoms with Crippen molar-refractivity contribution in [3.8, 4) is 0 Å². The van der Waals surface area contributed by atoms with Crippen LogP contribution in [0.3, 0.4) is 0 Å². The predicted octanol–water partition coefficient (Wildman–Crippen LogP) is 2.68. The molecule has 5 nitrogen and oxygen atoms in total. The van der Waals surface area contributed by atoms with Gasteiger partial charge < -0.3 is 15.5 Å². The van der Waals surface area contributed by atoms with Crippen molar-refractivity contribution in [2.24, 2.45) is 0 Å². The first-order chi connectivity index (χ1) is 9.79. The van der Waals surface area contributed by atoms with Gasteiger partial charge >= 0.3 is 6.18 Å². The van der Waals surface area contributed by atoms with Gasteiger partial charge in [0.15, 0.2) is 0 Å². The van der Waals surface area contributed by atoms with E-state index in [0.29, 0.717) is 0 Å². The minimum Gasteiger partial charge on any atom is -0.373 e. The lowest BCUT2D eigenvalue weighted by atomic mass is 10.3. The topological polar surface area (TPSA) is 53.1 Å². The molecule has 1 unspecified atom stereocenters. The van der Waals surface area contributed by atoms with Crippen LogP contribution in [0.15, 0.2) is 6.07 Å². The van der Waals surface area contributed by atoms with Gasteiger partial charge in [0.25, 0.3) is 0 Å². The first kappa shape index (κ1) is 17.5. The van der Waals surface area contributed by atoms with E-state index in [1.165, 1.54) is 13.1 Å². The largest absolute Gasteiger partial charge is 0.451 e. The number of hydrogen-bond acceptors (Lipinski definition) is 5. The van der Waals surface area contributed by atoms with Gasteiger partial charge in [-0.2, -0.15) is 13.2 Å². The van der Waals surface area contributed by atoms with Crippen LogP contribution in [-0.4, -0.2) is 47.6 Å². The maximum absolute atomic E-state index is 12.8. The lowest BCUT2D eigenvalue weighted by molar-refractivity contribution is -0.144. The molecule has 0 fully saturated rings. The molecule has 120 valence electrons. The second-order valence-corrected chi connectivity index (χ2v) is 4.74. The second-order valence-electron chi connectivity index (χ2n) is 4.74. The van der Waals surface area contributed by atoms with Crippen molar-refractivity contribution >= 4 is 11.6 Å². The van der Waals surface area contributed by atoms with E-state index in [2.05, 4.69) is 25.5 Å². The van der Waals surface area contributed by atoms with Crippen LogP contribution in [-0.2, 0) is 6.18 Å². The maximum Gasteiger partial charge on any atom is 0.451 e. The van der Waals surface area contributed by atoms with E-state index in [-0.39, 0.29) is 17.7 Å². The summed E-state index contributed by atoms with van der Waals surface area (Å²) in [7, 11) is 1.52. The number of nitrogens with zero attached hydrogens (tertiary/aromatic N) is 3. The van der Waals surface area contributed by atoms with Gasteiger partial charge in [-0.25, -0.2) is 9.97 Å². The molecule has 0 bridgehead atoms. The molecule has 1 heterocycles. The molecule has 0 saturated heterocycles. The van der Waals surface area contributed by atoms with Crippen molar-refractivity contribution in [3.05, 3.63) is 11.9 Å². The second kappa shape index (κ2) is 7.44. The van der Waals surface area contributed by atoms with Crippen LogP contribution in [0, 0.1) is 0 Å². The summed E-state index contributed by atoms with van der Waals surface area (Å²) in [5, 5.41) is 5.61. The van der Waals surface area contributed by atoms with Crippen molar-refractivity contribution in [1.82, 2.24) is 14.9 Å². The van der Waals surface area contributed by atoms with Crippen LogP contribution in [0.5, 0.6) is 0 Å². The van der Waals surface area contributed by atoms with Crippen LogP contribution >= 0.6 is 0 Å². The fraction of sp³-hybridized carbons (Fsp3) is 0.692. The van der Waals surface area contributed by atoms with E-state index >= 15 is 0 Å². The highest BCUT2D eigenvalue weighted by atomic mass is 19.4. The van der Waals surface area contributed by atoms with Gasteiger partial charge in [-0.3, -0.25) is 0 Å². The van der Waals surface area contributed by atoms with Crippen molar-refractivity contribution in [3.63, 3.8) is 0 Å². The Hall–Kier alpha value is -1.57. The summed E-state index contributed by atoms with van der Waals surface area (Å²) >= 11 is 0. The lowest BCUT2D eigenvalue weighted by Crippen LogP contribution is -2.35. The van der Waals surface area contributed by atoms with Gasteiger partial charge in [0, 0.05) is 25.7 Å². The van der Waals surface area contributed by atoms with Crippen LogP contribution < -0.4 is 10.6 Å². The highest BCUT2D eigenvalue weighted by Gasteiger charge is 2.35. The molecule has 1 aromatic rings. The highest BCUT2D eigenvalue weighted by Crippen LogP contribution is 2.28. The SMILES string of the molecule is CCN(CC)CC(C)Nc1cc(NC)nc(C(F)(F)F)n1. The Balaban J connectivity index is 2.87. The molecule has 0 aliphatic rings. The van der Waals surface area contributed by atoms with Gasteiger partial charge in [-0.1, -0.05) is 13.8 Å². The van der Waals surface area contributed by atoms with E-state index in [4.69, 9.17) is 0 Å². The van der Waals surface area contributed by atoms with Gasteiger partial charge in [-0.05, 0) is 20.0 Å². The number of halogens is 3. The zero-order valence-electron chi connectivity index (χ0n) is 12.8. The molecule has 0 amide bonds. The van der Waals surface area contributed by atoms with Gasteiger partial charge in [0.05, 0.1) is 0 Å². The number of aromatic nitrogens is 2. The summed E-state index contributed by atoms with van der Waals surface area (Å²) in [6.07, 6.45) is -4.56. The molecule has 0 aromatic carbocycles. The van der Waals surface area contributed by atoms with E-state index < -0.39 is 12.0 Å². The molecule has 21 heavy (non-hydrogen) atoms. The minimum atomic E-state index is -4.56. The number of anilines is 2. The lowest BCUT2D eigenvalue weighted by Gasteiger charge is -2.24. The number of hydrogen-bond donors (Lipinski definition) is 2. The van der Waals surface area contributed by atoms with E-state index in [9.17, 15) is 13.2 Å². The molecule has 8 heteroatoms. The van der Waals surface area contributed by atoms with Crippen molar-refractivity contribution in [2.75, 3.05) is 37.3 Å². The Kier molecular flexibility index (Phi) is 6.19. The summed E-state index contributed by atoms with van der Waals surface area (Å²) in [6, 6.07) is 1.44. The molecule has 1 atom stereocenters. The molecule has 0 aliphatic heterocycles. The molecule has 2 N–H and O–H groups in total. The molecule has 1 aromatic heterocycles. The predicted molar refractivity (Wildman–Crippen MR) is 77.5 cm³/mol. The quantitative estimate of drug-likeness (QED) is 0.811. The molecule has 0 radical (unpaired) electrons. The third-order valence-electron chi connectivity index (χ3n) is 3.06. The monoisotopic (exact) mass is 305 g/mol. The van der Waals surface area contributed by atoms with Gasteiger partial charge in [0.1, 0.15) is 11.6 Å². The number of rotatable bonds is 7. The van der Waals surface area contributed by atoms with Gasteiger partial charge in [0.2, 0.25) is 5.82 Å². The smallest absolute Gasteiger partial charge is 0.373 e. The number of alkyl halides is 3. The van der Waals surface area contributed by atoms with Crippen molar-refractivity contribution in [1.29, 1.82) is 0 Å². The Morgan fingerprint density at radius 1 is 1.19 bits per heavy atom. The van der Waals surface area contributed by atoms with E-state index in [1.807, 2.05) is 20.8 Å². The Morgan fingerprint density at radius 3 is 2.24 bits per heavy atom. The molecular formula is C13H22F3N5. The normalized spacial score (nSPS) is 13.3.